The van der Waals surface area contributed by atoms with Gasteiger partial charge >= 0.3 is 50.9 Å². The Labute approximate surface area is 126 Å². The summed E-state index contributed by atoms with van der Waals surface area (Å²) in [5, 5.41) is 8.30. The predicted molar refractivity (Wildman–Crippen MR) is 72.7 cm³/mol. The van der Waals surface area contributed by atoms with Crippen LogP contribution in [-0.2, 0) is 14.4 Å². The molecule has 6 heteroatoms. The summed E-state index contributed by atoms with van der Waals surface area (Å²) >= 11 is 1.55. The van der Waals surface area contributed by atoms with Crippen LogP contribution in [0.4, 0.5) is 0 Å². The number of benzene rings is 1. The van der Waals surface area contributed by atoms with E-state index in [0.29, 0.717) is 10.1 Å². The van der Waals surface area contributed by atoms with Crippen molar-refractivity contribution in [2.45, 2.75) is 18.2 Å². The van der Waals surface area contributed by atoms with Gasteiger partial charge in [-0.2, -0.15) is 0 Å². The Bertz CT molecular complexity index is 375. The summed E-state index contributed by atoms with van der Waals surface area (Å²) in [5.74, 6) is -0.0995. The van der Waals surface area contributed by atoms with Crippen molar-refractivity contribution in [3.05, 3.63) is 29.8 Å². The zero-order chi connectivity index (χ0) is 15.3. The number of carboxylic acid groups (broad SMARTS) is 1. The number of hydrogen-bond acceptors (Lipinski definition) is 4. The maximum Gasteiger partial charge on any atom is 0.341 e. The molecule has 0 amide bonds. The van der Waals surface area contributed by atoms with Crippen molar-refractivity contribution >= 4 is 41.6 Å². The Kier molecular flexibility index (Phi) is 13.8. The van der Waals surface area contributed by atoms with E-state index in [1.807, 2.05) is 25.8 Å². The zero-order valence-corrected chi connectivity index (χ0v) is 13.5. The molecule has 0 saturated carbocycles. The quantitative estimate of drug-likeness (QED) is 0.806. The first-order valence-electron chi connectivity index (χ1n) is 5.26. The molecule has 1 aromatic rings. The molecule has 0 heterocycles. The van der Waals surface area contributed by atoms with Gasteiger partial charge in [-0.15, -0.1) is 0 Å². The van der Waals surface area contributed by atoms with E-state index >= 15 is 0 Å². The molecule has 0 fully saturated rings. The second-order valence-corrected chi connectivity index (χ2v) is 4.26. The average molecular weight is 375 g/mol. The predicted octanol–water partition coefficient (Wildman–Crippen LogP) is 1.44. The SMILES string of the molecule is C=O.CC(=O)[CH2][Sb].Cc1ccc(OCC(=O)O)cc1. The minimum Gasteiger partial charge on any atom is -0.482 e. The summed E-state index contributed by atoms with van der Waals surface area (Å²) in [6.07, 6.45) is 0. The first-order valence-corrected chi connectivity index (χ1v) is 7.06. The zero-order valence-electron chi connectivity index (χ0n) is 11.0. The van der Waals surface area contributed by atoms with Crippen molar-refractivity contribution in [1.82, 2.24) is 0 Å². The van der Waals surface area contributed by atoms with Gasteiger partial charge in [-0.25, -0.2) is 4.79 Å². The van der Waals surface area contributed by atoms with Gasteiger partial charge in [0.25, 0.3) is 0 Å². The summed E-state index contributed by atoms with van der Waals surface area (Å²) in [5.41, 5.74) is 1.12. The third kappa shape index (κ3) is 14.6. The first-order chi connectivity index (χ1) is 8.95. The number of Topliss-reactive ketones (excluding diaryl/α,β-unsaturated/α-hetero) is 1. The molecular formula is C13H17O5Sb. The molecule has 2 radical (unpaired) electrons. The van der Waals surface area contributed by atoms with Crippen LogP contribution in [0.1, 0.15) is 12.5 Å². The molecule has 0 atom stereocenters. The van der Waals surface area contributed by atoms with Crippen LogP contribution in [0, 0.1) is 6.92 Å². The van der Waals surface area contributed by atoms with Crippen LogP contribution in [0.25, 0.3) is 0 Å². The molecular weight excluding hydrogens is 358 g/mol. The van der Waals surface area contributed by atoms with E-state index in [2.05, 4.69) is 0 Å². The van der Waals surface area contributed by atoms with Crippen molar-refractivity contribution < 1.29 is 24.2 Å². The average Bonchev–Trinajstić information content (AvgIpc) is 2.41. The van der Waals surface area contributed by atoms with Gasteiger partial charge in [0.05, 0.1) is 0 Å². The first kappa shape index (κ1) is 20.0. The van der Waals surface area contributed by atoms with Gasteiger partial charge in [0, 0.05) is 0 Å². The van der Waals surface area contributed by atoms with Gasteiger partial charge in [0.2, 0.25) is 0 Å². The molecule has 104 valence electrons. The smallest absolute Gasteiger partial charge is 0.341 e. The molecule has 5 nitrogen and oxygen atoms in total. The van der Waals surface area contributed by atoms with Crippen molar-refractivity contribution in [3.63, 3.8) is 0 Å². The number of ether oxygens (including phenoxy) is 1. The minimum atomic E-state index is -0.962. The number of carbonyl (C=O) groups excluding carboxylic acids is 2. The second-order valence-electron chi connectivity index (χ2n) is 3.36. The van der Waals surface area contributed by atoms with Gasteiger partial charge in [0.1, 0.15) is 12.5 Å². The van der Waals surface area contributed by atoms with E-state index in [1.54, 1.807) is 42.1 Å². The number of aliphatic carboxylic acids is 1. The molecule has 19 heavy (non-hydrogen) atoms. The fraction of sp³-hybridized carbons (Fsp3) is 0.308. The van der Waals surface area contributed by atoms with Gasteiger partial charge < -0.3 is 14.6 Å². The molecule has 0 aliphatic rings. The van der Waals surface area contributed by atoms with E-state index in [0.717, 1.165) is 5.56 Å². The maximum atomic E-state index is 10.1. The van der Waals surface area contributed by atoms with Gasteiger partial charge in [-0.3, -0.25) is 0 Å². The van der Waals surface area contributed by atoms with Crippen LogP contribution >= 0.6 is 0 Å². The largest absolute Gasteiger partial charge is 0.482 e. The second kappa shape index (κ2) is 13.1. The van der Waals surface area contributed by atoms with Crippen LogP contribution in [0.5, 0.6) is 5.75 Å². The van der Waals surface area contributed by atoms with Crippen molar-refractivity contribution in [3.8, 4) is 5.75 Å². The van der Waals surface area contributed by atoms with Crippen LogP contribution in [0.2, 0.25) is 4.37 Å². The summed E-state index contributed by atoms with van der Waals surface area (Å²) in [4.78, 5) is 27.9. The van der Waals surface area contributed by atoms with Crippen LogP contribution < -0.4 is 4.74 Å². The van der Waals surface area contributed by atoms with E-state index in [4.69, 9.17) is 14.6 Å². The minimum absolute atomic E-state index is 0.277. The standard InChI is InChI=1S/C9H10O3.C3H5O.CH2O.Sb/c1-7-2-4-8(5-3-7)12-6-9(10)11;1-3(2)4;1-2;/h2-5H,6H2,1H3,(H,10,11);1H2,2H3;1H2;. The number of ketones is 1. The fourth-order valence-electron chi connectivity index (χ4n) is 0.780. The van der Waals surface area contributed by atoms with E-state index in [1.165, 1.54) is 0 Å². The van der Waals surface area contributed by atoms with Crippen LogP contribution in [0.15, 0.2) is 24.3 Å². The molecule has 0 aliphatic carbocycles. The molecule has 0 aliphatic heterocycles. The topological polar surface area (TPSA) is 80.7 Å². The summed E-state index contributed by atoms with van der Waals surface area (Å²) in [6, 6.07) is 7.24. The maximum absolute atomic E-state index is 10.1. The molecule has 0 aromatic heterocycles. The Balaban J connectivity index is 0. The van der Waals surface area contributed by atoms with E-state index in [9.17, 15) is 9.59 Å². The Morgan fingerprint density at radius 3 is 2.00 bits per heavy atom. The molecule has 1 rings (SSSR count). The normalized spacial score (nSPS) is 8.16. The molecule has 0 bridgehead atoms. The molecule has 1 aromatic carbocycles. The Morgan fingerprint density at radius 2 is 1.68 bits per heavy atom. The van der Waals surface area contributed by atoms with Crippen molar-refractivity contribution in [1.29, 1.82) is 0 Å². The van der Waals surface area contributed by atoms with Crippen LogP contribution in [-0.4, -0.2) is 53.3 Å². The number of aryl methyl sites for hydroxylation is 1. The number of carboxylic acids is 1. The van der Waals surface area contributed by atoms with Crippen molar-refractivity contribution in [2.75, 3.05) is 6.61 Å². The number of carbonyl (C=O) groups is 3. The van der Waals surface area contributed by atoms with Crippen LogP contribution in [0.3, 0.4) is 0 Å². The molecule has 0 spiro atoms. The third-order valence-corrected chi connectivity index (χ3v) is 2.88. The van der Waals surface area contributed by atoms with Gasteiger partial charge in [-0.1, -0.05) is 17.7 Å². The van der Waals surface area contributed by atoms with Gasteiger partial charge in [0.15, 0.2) is 6.61 Å². The van der Waals surface area contributed by atoms with Crippen molar-refractivity contribution in [2.24, 2.45) is 0 Å². The van der Waals surface area contributed by atoms with E-state index in [-0.39, 0.29) is 12.4 Å². The monoisotopic (exact) mass is 374 g/mol. The van der Waals surface area contributed by atoms with Gasteiger partial charge in [-0.05, 0) is 19.1 Å². The summed E-state index contributed by atoms with van der Waals surface area (Å²) < 4.78 is 5.64. The summed E-state index contributed by atoms with van der Waals surface area (Å²) in [7, 11) is 0. The third-order valence-electron chi connectivity index (χ3n) is 1.61. The Hall–Kier alpha value is -1.35. The fourth-order valence-corrected chi connectivity index (χ4v) is 0.780. The number of hydrogen-bond donors (Lipinski definition) is 1. The summed E-state index contributed by atoms with van der Waals surface area (Å²) in [6.45, 7) is 5.27. The molecule has 0 saturated heterocycles. The molecule has 1 N–H and O–H groups in total. The number of rotatable bonds is 4. The molecule has 0 unspecified atom stereocenters. The van der Waals surface area contributed by atoms with E-state index < -0.39 is 5.97 Å². The Morgan fingerprint density at radius 1 is 1.26 bits per heavy atom.